The molecule has 2 heterocycles. The number of nitrogens with two attached hydrogens (primary N) is 1. The molecule has 102 valence electrons. The van der Waals surface area contributed by atoms with Crippen LogP contribution in [0, 0.1) is 19.7 Å². The lowest BCUT2D eigenvalue weighted by Gasteiger charge is -2.07. The molecule has 3 aromatic rings. The number of benzene rings is 1. The van der Waals surface area contributed by atoms with E-state index in [0.717, 1.165) is 11.4 Å². The van der Waals surface area contributed by atoms with Gasteiger partial charge >= 0.3 is 0 Å². The van der Waals surface area contributed by atoms with E-state index in [1.165, 1.54) is 12.1 Å². The predicted molar refractivity (Wildman–Crippen MR) is 74.7 cm³/mol. The molecule has 0 amide bonds. The van der Waals surface area contributed by atoms with Crippen LogP contribution in [-0.4, -0.2) is 19.5 Å². The van der Waals surface area contributed by atoms with Crippen molar-refractivity contribution in [3.63, 3.8) is 0 Å². The Morgan fingerprint density at radius 1 is 1.10 bits per heavy atom. The maximum absolute atomic E-state index is 12.9. The smallest absolute Gasteiger partial charge is 0.166 e. The molecule has 0 aliphatic carbocycles. The van der Waals surface area contributed by atoms with Gasteiger partial charge < -0.3 is 10.3 Å². The third-order valence-electron chi connectivity index (χ3n) is 3.18. The maximum atomic E-state index is 12.9. The summed E-state index contributed by atoms with van der Waals surface area (Å²) in [4.78, 5) is 12.9. The van der Waals surface area contributed by atoms with Gasteiger partial charge in [-0.1, -0.05) is 12.1 Å². The summed E-state index contributed by atoms with van der Waals surface area (Å²) < 4.78 is 14.9. The lowest BCUT2D eigenvalue weighted by Crippen LogP contribution is -2.04. The molecule has 0 atom stereocenters. The number of hydrogen-bond donors (Lipinski definition) is 1. The summed E-state index contributed by atoms with van der Waals surface area (Å²) in [6.07, 6.45) is 0. The van der Waals surface area contributed by atoms with Crippen molar-refractivity contribution < 1.29 is 4.39 Å². The van der Waals surface area contributed by atoms with Crippen molar-refractivity contribution in [3.8, 4) is 0 Å². The second-order valence-corrected chi connectivity index (χ2v) is 4.70. The average Bonchev–Trinajstić information content (AvgIpc) is 2.70. The van der Waals surface area contributed by atoms with E-state index in [2.05, 4.69) is 15.0 Å². The van der Waals surface area contributed by atoms with Crippen LogP contribution in [0.15, 0.2) is 24.3 Å². The van der Waals surface area contributed by atoms with Gasteiger partial charge in [-0.15, -0.1) is 0 Å². The normalized spacial score (nSPS) is 11.2. The Morgan fingerprint density at radius 3 is 2.50 bits per heavy atom. The zero-order valence-corrected chi connectivity index (χ0v) is 11.3. The van der Waals surface area contributed by atoms with Gasteiger partial charge in [-0.2, -0.15) is 0 Å². The lowest BCUT2D eigenvalue weighted by molar-refractivity contribution is 0.626. The van der Waals surface area contributed by atoms with Crippen LogP contribution in [0.3, 0.4) is 0 Å². The van der Waals surface area contributed by atoms with Crippen LogP contribution in [0.5, 0.6) is 0 Å². The highest BCUT2D eigenvalue weighted by atomic mass is 19.1. The van der Waals surface area contributed by atoms with Crippen molar-refractivity contribution in [2.75, 3.05) is 5.73 Å². The van der Waals surface area contributed by atoms with Gasteiger partial charge in [0.2, 0.25) is 0 Å². The largest absolute Gasteiger partial charge is 0.382 e. The molecule has 0 bridgehead atoms. The van der Waals surface area contributed by atoms with Crippen molar-refractivity contribution >= 4 is 17.0 Å². The van der Waals surface area contributed by atoms with Crippen LogP contribution in [0.4, 0.5) is 10.2 Å². The Kier molecular flexibility index (Phi) is 2.85. The second kappa shape index (κ2) is 4.56. The van der Waals surface area contributed by atoms with E-state index in [4.69, 9.17) is 5.73 Å². The molecule has 0 aliphatic rings. The number of hydrogen-bond acceptors (Lipinski definition) is 4. The van der Waals surface area contributed by atoms with E-state index in [9.17, 15) is 4.39 Å². The fraction of sp³-hybridized carbons (Fsp3) is 0.214. The molecule has 2 aromatic heterocycles. The van der Waals surface area contributed by atoms with Crippen LogP contribution >= 0.6 is 0 Å². The SMILES string of the molecule is Cc1nc(N)c2nc(C)n(Cc3ccc(F)cc3)c2n1. The van der Waals surface area contributed by atoms with Crippen molar-refractivity contribution in [2.24, 2.45) is 0 Å². The monoisotopic (exact) mass is 271 g/mol. The number of nitrogens with zero attached hydrogens (tertiary/aromatic N) is 4. The number of halogens is 1. The zero-order valence-electron chi connectivity index (χ0n) is 11.3. The van der Waals surface area contributed by atoms with Crippen LogP contribution in [0.25, 0.3) is 11.2 Å². The van der Waals surface area contributed by atoms with E-state index >= 15 is 0 Å². The zero-order chi connectivity index (χ0) is 14.3. The van der Waals surface area contributed by atoms with Gasteiger partial charge in [0.1, 0.15) is 17.5 Å². The van der Waals surface area contributed by atoms with Crippen LogP contribution in [-0.2, 0) is 6.54 Å². The molecule has 5 nitrogen and oxygen atoms in total. The highest BCUT2D eigenvalue weighted by Crippen LogP contribution is 2.20. The van der Waals surface area contributed by atoms with E-state index in [0.29, 0.717) is 29.4 Å². The Hall–Kier alpha value is -2.50. The van der Waals surface area contributed by atoms with E-state index in [1.807, 2.05) is 11.5 Å². The van der Waals surface area contributed by atoms with Crippen LogP contribution in [0.2, 0.25) is 0 Å². The van der Waals surface area contributed by atoms with Gasteiger partial charge in [0.05, 0.1) is 6.54 Å². The molecule has 0 radical (unpaired) electrons. The number of aromatic nitrogens is 4. The number of aryl methyl sites for hydroxylation is 2. The third kappa shape index (κ3) is 2.09. The fourth-order valence-electron chi connectivity index (χ4n) is 2.21. The minimum absolute atomic E-state index is 0.247. The molecular weight excluding hydrogens is 257 g/mol. The lowest BCUT2D eigenvalue weighted by atomic mass is 10.2. The van der Waals surface area contributed by atoms with Gasteiger partial charge in [0.25, 0.3) is 0 Å². The first-order chi connectivity index (χ1) is 9.54. The second-order valence-electron chi connectivity index (χ2n) is 4.70. The minimum atomic E-state index is -0.247. The predicted octanol–water partition coefficient (Wildman–Crippen LogP) is 2.21. The number of anilines is 1. The molecule has 0 aliphatic heterocycles. The van der Waals surface area contributed by atoms with E-state index in [1.54, 1.807) is 19.1 Å². The summed E-state index contributed by atoms with van der Waals surface area (Å²) in [7, 11) is 0. The molecule has 6 heteroatoms. The summed E-state index contributed by atoms with van der Waals surface area (Å²) in [5.74, 6) is 1.54. The third-order valence-corrected chi connectivity index (χ3v) is 3.18. The minimum Gasteiger partial charge on any atom is -0.382 e. The van der Waals surface area contributed by atoms with Crippen molar-refractivity contribution in [1.29, 1.82) is 0 Å². The molecule has 0 unspecified atom stereocenters. The first kappa shape index (κ1) is 12.5. The van der Waals surface area contributed by atoms with Crippen LogP contribution in [0.1, 0.15) is 17.2 Å². The Bertz CT molecular complexity index is 776. The van der Waals surface area contributed by atoms with Gasteiger partial charge in [-0.3, -0.25) is 0 Å². The summed E-state index contributed by atoms with van der Waals surface area (Å²) in [6, 6.07) is 6.38. The quantitative estimate of drug-likeness (QED) is 0.775. The molecule has 2 N–H and O–H groups in total. The van der Waals surface area contributed by atoms with E-state index < -0.39 is 0 Å². The highest BCUT2D eigenvalue weighted by Gasteiger charge is 2.13. The summed E-state index contributed by atoms with van der Waals surface area (Å²) in [5, 5.41) is 0. The van der Waals surface area contributed by atoms with Gasteiger partial charge in [-0.05, 0) is 31.5 Å². The molecular formula is C14H14FN5. The topological polar surface area (TPSA) is 69.6 Å². The standard InChI is InChI=1S/C14H14FN5/c1-8-17-13(16)12-14(18-8)20(9(2)19-12)7-10-3-5-11(15)6-4-10/h3-6H,7H2,1-2H3,(H2,16,17,18). The Morgan fingerprint density at radius 2 is 1.80 bits per heavy atom. The Balaban J connectivity index is 2.11. The number of imidazole rings is 1. The molecule has 1 aromatic carbocycles. The number of nitrogen functional groups attached to an aromatic ring is 1. The molecule has 0 fully saturated rings. The fourth-order valence-corrected chi connectivity index (χ4v) is 2.21. The summed E-state index contributed by atoms with van der Waals surface area (Å²) in [6.45, 7) is 4.25. The molecule has 0 saturated carbocycles. The maximum Gasteiger partial charge on any atom is 0.166 e. The molecule has 20 heavy (non-hydrogen) atoms. The first-order valence-corrected chi connectivity index (χ1v) is 6.26. The Labute approximate surface area is 115 Å². The van der Waals surface area contributed by atoms with E-state index in [-0.39, 0.29) is 5.82 Å². The highest BCUT2D eigenvalue weighted by molar-refractivity contribution is 5.82. The van der Waals surface area contributed by atoms with Crippen molar-refractivity contribution in [1.82, 2.24) is 19.5 Å². The van der Waals surface area contributed by atoms with Crippen LogP contribution < -0.4 is 5.73 Å². The molecule has 0 spiro atoms. The van der Waals surface area contributed by atoms with Gasteiger partial charge in [0, 0.05) is 0 Å². The van der Waals surface area contributed by atoms with Crippen molar-refractivity contribution in [3.05, 3.63) is 47.3 Å². The molecule has 0 saturated heterocycles. The number of fused-ring (bicyclic) bond motifs is 1. The summed E-state index contributed by atoms with van der Waals surface area (Å²) >= 11 is 0. The van der Waals surface area contributed by atoms with Crippen molar-refractivity contribution in [2.45, 2.75) is 20.4 Å². The first-order valence-electron chi connectivity index (χ1n) is 6.26. The number of rotatable bonds is 2. The average molecular weight is 271 g/mol. The molecule has 3 rings (SSSR count). The summed E-state index contributed by atoms with van der Waals surface area (Å²) in [5.41, 5.74) is 8.16. The van der Waals surface area contributed by atoms with Gasteiger partial charge in [0.15, 0.2) is 17.0 Å². The van der Waals surface area contributed by atoms with Gasteiger partial charge in [-0.25, -0.2) is 19.3 Å².